The highest BCUT2D eigenvalue weighted by Gasteiger charge is 2.16. The molecule has 3 rings (SSSR count). The first-order valence-corrected chi connectivity index (χ1v) is 8.81. The van der Waals surface area contributed by atoms with Crippen LogP contribution in [0.25, 0.3) is 0 Å². The molecule has 0 bridgehead atoms. The number of benzene rings is 1. The maximum Gasteiger partial charge on any atom is 0.270 e. The second-order valence-electron chi connectivity index (χ2n) is 6.59. The molecule has 0 unspecified atom stereocenters. The third kappa shape index (κ3) is 4.57. The van der Waals surface area contributed by atoms with Gasteiger partial charge in [-0.15, -0.1) is 0 Å². The summed E-state index contributed by atoms with van der Waals surface area (Å²) in [7, 11) is 0. The summed E-state index contributed by atoms with van der Waals surface area (Å²) in [6, 6.07) is 12.2. The van der Waals surface area contributed by atoms with Crippen LogP contribution in [0.1, 0.15) is 54.6 Å². The lowest BCUT2D eigenvalue weighted by Crippen LogP contribution is -2.34. The van der Waals surface area contributed by atoms with E-state index in [0.29, 0.717) is 11.7 Å². The average Bonchev–Trinajstić information content (AvgIpc) is 2.86. The number of hydrogen-bond acceptors (Lipinski definition) is 3. The van der Waals surface area contributed by atoms with Crippen molar-refractivity contribution in [2.75, 3.05) is 5.32 Å². The SMILES string of the molecule is Cc1ccc(Nc2ccc(C(=O)NC3CCCCCC3)nc2)cc1. The Labute approximate surface area is 143 Å². The highest BCUT2D eigenvalue weighted by molar-refractivity contribution is 5.92. The maximum atomic E-state index is 12.3. The molecule has 0 spiro atoms. The van der Waals surface area contributed by atoms with Gasteiger partial charge in [-0.1, -0.05) is 43.4 Å². The van der Waals surface area contributed by atoms with Crippen molar-refractivity contribution in [2.45, 2.75) is 51.5 Å². The van der Waals surface area contributed by atoms with Crippen LogP contribution in [0.5, 0.6) is 0 Å². The van der Waals surface area contributed by atoms with Crippen LogP contribution in [-0.2, 0) is 0 Å². The summed E-state index contributed by atoms with van der Waals surface area (Å²) in [6.45, 7) is 2.06. The molecular formula is C20H25N3O. The molecule has 1 aliphatic rings. The first kappa shape index (κ1) is 16.5. The van der Waals surface area contributed by atoms with Crippen LogP contribution < -0.4 is 10.6 Å². The molecule has 4 nitrogen and oxygen atoms in total. The van der Waals surface area contributed by atoms with E-state index in [9.17, 15) is 4.79 Å². The Morgan fingerprint density at radius 1 is 0.958 bits per heavy atom. The van der Waals surface area contributed by atoms with Crippen molar-refractivity contribution in [2.24, 2.45) is 0 Å². The predicted octanol–water partition coefficient (Wildman–Crippen LogP) is 4.59. The Kier molecular flexibility index (Phi) is 5.47. The maximum absolute atomic E-state index is 12.3. The summed E-state index contributed by atoms with van der Waals surface area (Å²) in [4.78, 5) is 16.6. The summed E-state index contributed by atoms with van der Waals surface area (Å²) >= 11 is 0. The van der Waals surface area contributed by atoms with Crippen LogP contribution in [0, 0.1) is 6.92 Å². The number of carbonyl (C=O) groups is 1. The van der Waals surface area contributed by atoms with Gasteiger partial charge in [-0.3, -0.25) is 4.79 Å². The van der Waals surface area contributed by atoms with E-state index in [-0.39, 0.29) is 5.91 Å². The zero-order valence-electron chi connectivity index (χ0n) is 14.2. The Morgan fingerprint density at radius 2 is 1.62 bits per heavy atom. The van der Waals surface area contributed by atoms with Gasteiger partial charge in [0.15, 0.2) is 0 Å². The molecule has 1 heterocycles. The lowest BCUT2D eigenvalue weighted by atomic mass is 10.1. The molecule has 0 radical (unpaired) electrons. The zero-order valence-corrected chi connectivity index (χ0v) is 14.2. The monoisotopic (exact) mass is 323 g/mol. The third-order valence-corrected chi connectivity index (χ3v) is 4.53. The number of nitrogens with zero attached hydrogens (tertiary/aromatic N) is 1. The van der Waals surface area contributed by atoms with Crippen molar-refractivity contribution >= 4 is 17.3 Å². The highest BCUT2D eigenvalue weighted by Crippen LogP contribution is 2.18. The fourth-order valence-corrected chi connectivity index (χ4v) is 3.09. The molecule has 1 aromatic heterocycles. The van der Waals surface area contributed by atoms with Crippen LogP contribution in [0.15, 0.2) is 42.6 Å². The lowest BCUT2D eigenvalue weighted by Gasteiger charge is -2.16. The highest BCUT2D eigenvalue weighted by atomic mass is 16.1. The quantitative estimate of drug-likeness (QED) is 0.809. The number of hydrogen-bond donors (Lipinski definition) is 2. The minimum atomic E-state index is -0.0659. The largest absolute Gasteiger partial charge is 0.354 e. The van der Waals surface area contributed by atoms with E-state index < -0.39 is 0 Å². The van der Waals surface area contributed by atoms with Gasteiger partial charge in [0.1, 0.15) is 5.69 Å². The molecule has 0 aliphatic heterocycles. The predicted molar refractivity (Wildman–Crippen MR) is 97.7 cm³/mol. The third-order valence-electron chi connectivity index (χ3n) is 4.53. The topological polar surface area (TPSA) is 54.0 Å². The number of anilines is 2. The Morgan fingerprint density at radius 3 is 2.25 bits per heavy atom. The summed E-state index contributed by atoms with van der Waals surface area (Å²) < 4.78 is 0. The summed E-state index contributed by atoms with van der Waals surface area (Å²) in [5, 5.41) is 6.42. The van der Waals surface area contributed by atoms with Gasteiger partial charge in [-0.05, 0) is 44.0 Å². The van der Waals surface area contributed by atoms with Gasteiger partial charge < -0.3 is 10.6 Å². The fraction of sp³-hybridized carbons (Fsp3) is 0.400. The van der Waals surface area contributed by atoms with Gasteiger partial charge in [-0.25, -0.2) is 4.98 Å². The number of carbonyl (C=O) groups excluding carboxylic acids is 1. The Balaban J connectivity index is 1.58. The molecule has 2 aromatic rings. The molecule has 1 aliphatic carbocycles. The normalized spacial score (nSPS) is 15.5. The van der Waals surface area contributed by atoms with Crippen LogP contribution in [0.4, 0.5) is 11.4 Å². The van der Waals surface area contributed by atoms with E-state index in [0.717, 1.165) is 24.2 Å². The molecule has 2 N–H and O–H groups in total. The number of aromatic nitrogens is 1. The molecule has 126 valence electrons. The van der Waals surface area contributed by atoms with Crippen molar-refractivity contribution in [3.63, 3.8) is 0 Å². The number of nitrogens with one attached hydrogen (secondary N) is 2. The second-order valence-corrected chi connectivity index (χ2v) is 6.59. The number of pyridine rings is 1. The zero-order chi connectivity index (χ0) is 16.8. The summed E-state index contributed by atoms with van der Waals surface area (Å²) in [5.74, 6) is -0.0659. The van der Waals surface area contributed by atoms with Gasteiger partial charge in [0.05, 0.1) is 11.9 Å². The number of rotatable bonds is 4. The van der Waals surface area contributed by atoms with Gasteiger partial charge in [-0.2, -0.15) is 0 Å². The van der Waals surface area contributed by atoms with Crippen LogP contribution in [0.2, 0.25) is 0 Å². The standard InChI is InChI=1S/C20H25N3O/c1-15-8-10-17(11-9-15)22-18-12-13-19(21-14-18)20(24)23-16-6-4-2-3-5-7-16/h8-14,16,22H,2-7H2,1H3,(H,23,24). The van der Waals surface area contributed by atoms with Gasteiger partial charge in [0.25, 0.3) is 5.91 Å². The first-order valence-electron chi connectivity index (χ1n) is 8.81. The van der Waals surface area contributed by atoms with Crippen molar-refractivity contribution < 1.29 is 4.79 Å². The van der Waals surface area contributed by atoms with E-state index in [2.05, 4.69) is 34.7 Å². The molecule has 0 saturated heterocycles. The minimum Gasteiger partial charge on any atom is -0.354 e. The van der Waals surface area contributed by atoms with Crippen molar-refractivity contribution in [1.29, 1.82) is 0 Å². The Hall–Kier alpha value is -2.36. The number of aryl methyl sites for hydroxylation is 1. The molecule has 1 amide bonds. The van der Waals surface area contributed by atoms with Gasteiger partial charge in [0.2, 0.25) is 0 Å². The first-order chi connectivity index (χ1) is 11.7. The molecule has 1 aromatic carbocycles. The van der Waals surface area contributed by atoms with E-state index >= 15 is 0 Å². The van der Waals surface area contributed by atoms with E-state index in [1.807, 2.05) is 18.2 Å². The van der Waals surface area contributed by atoms with Gasteiger partial charge in [0, 0.05) is 11.7 Å². The molecule has 0 atom stereocenters. The molecule has 1 fully saturated rings. The lowest BCUT2D eigenvalue weighted by molar-refractivity contribution is 0.0928. The van der Waals surface area contributed by atoms with Crippen molar-refractivity contribution in [3.05, 3.63) is 53.9 Å². The number of amides is 1. The summed E-state index contributed by atoms with van der Waals surface area (Å²) in [5.41, 5.74) is 3.60. The van der Waals surface area contributed by atoms with Crippen LogP contribution >= 0.6 is 0 Å². The molecular weight excluding hydrogens is 298 g/mol. The smallest absolute Gasteiger partial charge is 0.270 e. The molecule has 24 heavy (non-hydrogen) atoms. The van der Waals surface area contributed by atoms with Crippen LogP contribution in [-0.4, -0.2) is 16.9 Å². The fourth-order valence-electron chi connectivity index (χ4n) is 3.09. The van der Waals surface area contributed by atoms with E-state index in [4.69, 9.17) is 0 Å². The van der Waals surface area contributed by atoms with Crippen LogP contribution in [0.3, 0.4) is 0 Å². The molecule has 4 heteroatoms. The van der Waals surface area contributed by atoms with Crippen molar-refractivity contribution in [1.82, 2.24) is 10.3 Å². The summed E-state index contributed by atoms with van der Waals surface area (Å²) in [6.07, 6.45) is 8.85. The Bertz CT molecular complexity index is 656. The van der Waals surface area contributed by atoms with Gasteiger partial charge >= 0.3 is 0 Å². The second kappa shape index (κ2) is 7.95. The van der Waals surface area contributed by atoms with Crippen molar-refractivity contribution in [3.8, 4) is 0 Å². The van der Waals surface area contributed by atoms with E-state index in [1.54, 1.807) is 12.3 Å². The molecule has 1 saturated carbocycles. The van der Waals surface area contributed by atoms with E-state index in [1.165, 1.54) is 31.2 Å². The minimum absolute atomic E-state index is 0.0659. The average molecular weight is 323 g/mol.